The van der Waals surface area contributed by atoms with Crippen molar-refractivity contribution < 1.29 is 4.39 Å². The Hall–Kier alpha value is -0.900. The molecular weight excluding hydrogens is 271 g/mol. The molecule has 0 saturated carbocycles. The first-order valence-electron chi connectivity index (χ1n) is 5.51. The van der Waals surface area contributed by atoms with Gasteiger partial charge in [-0.15, -0.1) is 0 Å². The quantitative estimate of drug-likeness (QED) is 0.829. The van der Waals surface area contributed by atoms with Crippen molar-refractivity contribution in [2.45, 2.75) is 25.7 Å². The fourth-order valence-corrected chi connectivity index (χ4v) is 2.06. The summed E-state index contributed by atoms with van der Waals surface area (Å²) in [5.41, 5.74) is 0.504. The predicted molar refractivity (Wildman–Crippen MR) is 68.5 cm³/mol. The van der Waals surface area contributed by atoms with E-state index in [4.69, 9.17) is 0 Å². The maximum Gasteiger partial charge on any atom is 0.147 e. The van der Waals surface area contributed by atoms with Gasteiger partial charge in [-0.3, -0.25) is 4.99 Å². The maximum atomic E-state index is 13.6. The normalized spacial score (nSPS) is 16.5. The first-order valence-corrected chi connectivity index (χ1v) is 6.30. The van der Waals surface area contributed by atoms with E-state index < -0.39 is 0 Å². The number of anilines is 1. The lowest BCUT2D eigenvalue weighted by molar-refractivity contribution is 0.631. The van der Waals surface area contributed by atoms with Crippen molar-refractivity contribution in [1.82, 2.24) is 0 Å². The number of rotatable bonds is 1. The molecule has 1 aromatic rings. The third kappa shape index (κ3) is 3.04. The van der Waals surface area contributed by atoms with Gasteiger partial charge in [-0.1, -0.05) is 22.4 Å². The molecule has 0 aromatic heterocycles. The highest BCUT2D eigenvalue weighted by Gasteiger charge is 2.07. The van der Waals surface area contributed by atoms with Crippen LogP contribution in [0.4, 0.5) is 10.1 Å². The number of nitrogens with one attached hydrogen (secondary N) is 1. The Bertz CT molecular complexity index is 404. The van der Waals surface area contributed by atoms with Crippen LogP contribution in [-0.4, -0.2) is 12.4 Å². The number of halogens is 2. The number of amidine groups is 1. The fourth-order valence-electron chi connectivity index (χ4n) is 1.72. The van der Waals surface area contributed by atoms with E-state index in [0.717, 1.165) is 36.1 Å². The average Bonchev–Trinajstić information content (AvgIpc) is 2.51. The molecule has 0 aliphatic carbocycles. The van der Waals surface area contributed by atoms with Gasteiger partial charge in [-0.25, -0.2) is 4.39 Å². The molecule has 1 N–H and O–H groups in total. The van der Waals surface area contributed by atoms with Crippen LogP contribution in [-0.2, 0) is 0 Å². The molecule has 0 amide bonds. The monoisotopic (exact) mass is 284 g/mol. The SMILES string of the molecule is Fc1cc(Br)ccc1NC1=NCCCCC1. The highest BCUT2D eigenvalue weighted by Crippen LogP contribution is 2.20. The molecular formula is C12H14BrFN2. The third-order valence-electron chi connectivity index (χ3n) is 2.58. The zero-order valence-corrected chi connectivity index (χ0v) is 10.6. The lowest BCUT2D eigenvalue weighted by Crippen LogP contribution is -2.12. The number of aliphatic imine (C=N–C) groups is 1. The van der Waals surface area contributed by atoms with Gasteiger partial charge in [0.15, 0.2) is 0 Å². The zero-order valence-electron chi connectivity index (χ0n) is 8.97. The maximum absolute atomic E-state index is 13.6. The van der Waals surface area contributed by atoms with Crippen molar-refractivity contribution in [3.8, 4) is 0 Å². The average molecular weight is 285 g/mol. The molecule has 2 rings (SSSR count). The van der Waals surface area contributed by atoms with Crippen LogP contribution in [0.3, 0.4) is 0 Å². The molecule has 2 nitrogen and oxygen atoms in total. The molecule has 1 aromatic carbocycles. The van der Waals surface area contributed by atoms with Crippen molar-refractivity contribution >= 4 is 27.5 Å². The van der Waals surface area contributed by atoms with Crippen molar-refractivity contribution in [3.63, 3.8) is 0 Å². The Morgan fingerprint density at radius 2 is 2.12 bits per heavy atom. The Morgan fingerprint density at radius 3 is 2.94 bits per heavy atom. The van der Waals surface area contributed by atoms with Gasteiger partial charge in [0.25, 0.3) is 0 Å². The smallest absolute Gasteiger partial charge is 0.147 e. The third-order valence-corrected chi connectivity index (χ3v) is 3.08. The molecule has 16 heavy (non-hydrogen) atoms. The molecule has 0 saturated heterocycles. The molecule has 0 bridgehead atoms. The summed E-state index contributed by atoms with van der Waals surface area (Å²) in [5.74, 6) is 0.653. The van der Waals surface area contributed by atoms with Crippen LogP contribution < -0.4 is 5.32 Å². The summed E-state index contributed by atoms with van der Waals surface area (Å²) < 4.78 is 14.3. The molecule has 4 heteroatoms. The van der Waals surface area contributed by atoms with Crippen molar-refractivity contribution in [2.24, 2.45) is 4.99 Å². The minimum absolute atomic E-state index is 0.249. The van der Waals surface area contributed by atoms with Crippen LogP contribution in [0.15, 0.2) is 27.7 Å². The van der Waals surface area contributed by atoms with E-state index in [2.05, 4.69) is 26.2 Å². The molecule has 0 fully saturated rings. The molecule has 1 heterocycles. The van der Waals surface area contributed by atoms with Gasteiger partial charge >= 0.3 is 0 Å². The second kappa shape index (κ2) is 5.43. The standard InChI is InChI=1S/C12H14BrFN2/c13-9-5-6-11(10(14)8-9)16-12-4-2-1-3-7-15-12/h5-6,8H,1-4,7H2,(H,15,16). The summed E-state index contributed by atoms with van der Waals surface area (Å²) in [7, 11) is 0. The van der Waals surface area contributed by atoms with Crippen molar-refractivity contribution in [1.29, 1.82) is 0 Å². The molecule has 0 atom stereocenters. The van der Waals surface area contributed by atoms with E-state index in [1.54, 1.807) is 6.07 Å². The number of hydrogen-bond acceptors (Lipinski definition) is 2. The molecule has 0 spiro atoms. The predicted octanol–water partition coefficient (Wildman–Crippen LogP) is 3.97. The summed E-state index contributed by atoms with van der Waals surface area (Å²) in [5, 5.41) is 3.07. The topological polar surface area (TPSA) is 24.4 Å². The largest absolute Gasteiger partial charge is 0.342 e. The molecule has 1 aliphatic heterocycles. The highest BCUT2D eigenvalue weighted by molar-refractivity contribution is 9.10. The van der Waals surface area contributed by atoms with Crippen LogP contribution in [0.1, 0.15) is 25.7 Å². The number of nitrogens with zero attached hydrogens (tertiary/aromatic N) is 1. The van der Waals surface area contributed by atoms with Crippen LogP contribution in [0, 0.1) is 5.82 Å². The minimum Gasteiger partial charge on any atom is -0.342 e. The van der Waals surface area contributed by atoms with E-state index in [1.165, 1.54) is 12.5 Å². The first kappa shape index (κ1) is 11.6. The Morgan fingerprint density at radius 1 is 1.25 bits per heavy atom. The summed E-state index contributed by atoms with van der Waals surface area (Å²) in [6, 6.07) is 5.01. The van der Waals surface area contributed by atoms with Crippen LogP contribution in [0.5, 0.6) is 0 Å². The van der Waals surface area contributed by atoms with Gasteiger partial charge < -0.3 is 5.32 Å². The van der Waals surface area contributed by atoms with E-state index in [9.17, 15) is 4.39 Å². The highest BCUT2D eigenvalue weighted by atomic mass is 79.9. The lowest BCUT2D eigenvalue weighted by atomic mass is 10.2. The second-order valence-corrected chi connectivity index (χ2v) is 4.80. The summed E-state index contributed by atoms with van der Waals surface area (Å²) >= 11 is 3.24. The lowest BCUT2D eigenvalue weighted by Gasteiger charge is -2.09. The molecule has 1 aliphatic rings. The van der Waals surface area contributed by atoms with Crippen LogP contribution in [0.2, 0.25) is 0 Å². The summed E-state index contributed by atoms with van der Waals surface area (Å²) in [6.07, 6.45) is 4.38. The van der Waals surface area contributed by atoms with E-state index in [0.29, 0.717) is 5.69 Å². The zero-order chi connectivity index (χ0) is 11.4. The van der Waals surface area contributed by atoms with Crippen molar-refractivity contribution in [3.05, 3.63) is 28.5 Å². The Balaban J connectivity index is 2.10. The van der Waals surface area contributed by atoms with Crippen LogP contribution in [0.25, 0.3) is 0 Å². The molecule has 0 radical (unpaired) electrons. The first-order chi connectivity index (χ1) is 7.75. The van der Waals surface area contributed by atoms with Gasteiger partial charge in [-0.05, 0) is 31.0 Å². The molecule has 86 valence electrons. The Labute approximate surface area is 103 Å². The minimum atomic E-state index is -0.249. The summed E-state index contributed by atoms with van der Waals surface area (Å²) in [6.45, 7) is 0.848. The van der Waals surface area contributed by atoms with Gasteiger partial charge in [0.1, 0.15) is 11.7 Å². The van der Waals surface area contributed by atoms with E-state index in [1.807, 2.05) is 6.07 Å². The number of hydrogen-bond donors (Lipinski definition) is 1. The van der Waals surface area contributed by atoms with Gasteiger partial charge in [0.2, 0.25) is 0 Å². The fraction of sp³-hybridized carbons (Fsp3) is 0.417. The summed E-state index contributed by atoms with van der Waals surface area (Å²) in [4.78, 5) is 4.41. The number of benzene rings is 1. The Kier molecular flexibility index (Phi) is 3.93. The van der Waals surface area contributed by atoms with Gasteiger partial charge in [0, 0.05) is 17.4 Å². The second-order valence-electron chi connectivity index (χ2n) is 3.89. The van der Waals surface area contributed by atoms with E-state index in [-0.39, 0.29) is 5.82 Å². The van der Waals surface area contributed by atoms with Crippen molar-refractivity contribution in [2.75, 3.05) is 11.9 Å². The van der Waals surface area contributed by atoms with Gasteiger partial charge in [-0.2, -0.15) is 0 Å². The van der Waals surface area contributed by atoms with E-state index >= 15 is 0 Å². The molecule has 0 unspecified atom stereocenters. The van der Waals surface area contributed by atoms with Gasteiger partial charge in [0.05, 0.1) is 5.69 Å². The van der Waals surface area contributed by atoms with Crippen LogP contribution >= 0.6 is 15.9 Å².